The number of hydrogen-bond donors (Lipinski definition) is 0. The second kappa shape index (κ2) is 9.94. The van der Waals surface area contributed by atoms with E-state index >= 15 is 0 Å². The summed E-state index contributed by atoms with van der Waals surface area (Å²) in [5.74, 6) is 0.904. The first-order valence-electron chi connectivity index (χ1n) is 5.81. The smallest absolute Gasteiger partial charge is 0.152 e. The molecule has 0 heterocycles. The number of carbonyl (C=O) groups is 3. The molecule has 17 heavy (non-hydrogen) atoms. The maximum Gasteiger partial charge on any atom is 0.152 e. The van der Waals surface area contributed by atoms with Gasteiger partial charge in [-0.2, -0.15) is 0 Å². The summed E-state index contributed by atoms with van der Waals surface area (Å²) in [4.78, 5) is 31.2. The average molecular weight is 240 g/mol. The molecule has 0 aliphatic carbocycles. The van der Waals surface area contributed by atoms with Gasteiger partial charge in [-0.25, -0.2) is 0 Å². The Labute approximate surface area is 104 Å². The van der Waals surface area contributed by atoms with Gasteiger partial charge in [0.05, 0.1) is 0 Å². The lowest BCUT2D eigenvalue weighted by Gasteiger charge is -1.95. The van der Waals surface area contributed by atoms with Crippen LogP contribution in [0.5, 0.6) is 0 Å². The molecule has 0 aliphatic heterocycles. The van der Waals surface area contributed by atoms with Gasteiger partial charge in [0.2, 0.25) is 0 Å². The third kappa shape index (κ3) is 20.7. The molecule has 0 atom stereocenters. The van der Waals surface area contributed by atoms with Crippen molar-refractivity contribution in [3.8, 4) is 0 Å². The molecule has 0 N–H and O–H groups in total. The zero-order chi connectivity index (χ0) is 14.0. The number of ketones is 3. The predicted molar refractivity (Wildman–Crippen MR) is 69.9 cm³/mol. The molecular weight excluding hydrogens is 216 g/mol. The van der Waals surface area contributed by atoms with Crippen LogP contribution in [0, 0.1) is 5.92 Å². The van der Waals surface area contributed by atoms with Crippen LogP contribution in [0.25, 0.3) is 0 Å². The number of rotatable bonds is 5. The first kappa shape index (κ1) is 18.1. The number of hydrogen-bond acceptors (Lipinski definition) is 3. The maximum absolute atomic E-state index is 10.5. The first-order valence-corrected chi connectivity index (χ1v) is 5.81. The highest BCUT2D eigenvalue weighted by molar-refractivity contribution is 5.89. The summed E-state index contributed by atoms with van der Waals surface area (Å²) in [5.41, 5.74) is 0.833. The molecule has 0 bridgehead atoms. The Kier molecular flexibility index (Phi) is 10.6. The highest BCUT2D eigenvalue weighted by Crippen LogP contribution is 1.99. The molecule has 0 aromatic heterocycles. The quantitative estimate of drug-likeness (QED) is 0.694. The summed E-state index contributed by atoms with van der Waals surface area (Å²) in [7, 11) is 0. The van der Waals surface area contributed by atoms with Crippen LogP contribution in [0.4, 0.5) is 0 Å². The van der Waals surface area contributed by atoms with E-state index in [0.29, 0.717) is 12.3 Å². The standard InChI is InChI=1S/C8H12O2.C6H12O/c1-6(4-7(2)9)5-8(3)10;1-5(2)4-6(3)7/h4H,5H2,1-3H3;5H,4H2,1-3H3/b6-4+;. The zero-order valence-electron chi connectivity index (χ0n) is 11.8. The van der Waals surface area contributed by atoms with E-state index in [-0.39, 0.29) is 17.3 Å². The highest BCUT2D eigenvalue weighted by Gasteiger charge is 1.96. The van der Waals surface area contributed by atoms with E-state index in [2.05, 4.69) is 0 Å². The van der Waals surface area contributed by atoms with Crippen molar-refractivity contribution >= 4 is 17.3 Å². The van der Waals surface area contributed by atoms with Crippen molar-refractivity contribution in [2.24, 2.45) is 5.92 Å². The molecular formula is C14H24O3. The van der Waals surface area contributed by atoms with E-state index in [0.717, 1.165) is 12.0 Å². The third-order valence-electron chi connectivity index (χ3n) is 1.67. The van der Waals surface area contributed by atoms with E-state index in [1.807, 2.05) is 13.8 Å². The molecule has 0 unspecified atom stereocenters. The van der Waals surface area contributed by atoms with Crippen molar-refractivity contribution in [3.63, 3.8) is 0 Å². The lowest BCUT2D eigenvalue weighted by atomic mass is 10.1. The number of Topliss-reactive ketones (excluding diaryl/α,β-unsaturated/α-hetero) is 2. The van der Waals surface area contributed by atoms with Crippen LogP contribution in [0.3, 0.4) is 0 Å². The molecule has 3 heteroatoms. The average Bonchev–Trinajstić information content (AvgIpc) is 1.97. The van der Waals surface area contributed by atoms with Crippen molar-refractivity contribution in [2.75, 3.05) is 0 Å². The highest BCUT2D eigenvalue weighted by atomic mass is 16.1. The lowest BCUT2D eigenvalue weighted by Crippen LogP contribution is -1.95. The minimum absolute atomic E-state index is 0.00116. The fraction of sp³-hybridized carbons (Fsp3) is 0.643. The largest absolute Gasteiger partial charge is 0.300 e. The van der Waals surface area contributed by atoms with Crippen molar-refractivity contribution in [3.05, 3.63) is 11.6 Å². The monoisotopic (exact) mass is 240 g/mol. The van der Waals surface area contributed by atoms with Crippen molar-refractivity contribution in [2.45, 2.75) is 54.4 Å². The minimum Gasteiger partial charge on any atom is -0.300 e. The van der Waals surface area contributed by atoms with E-state index < -0.39 is 0 Å². The van der Waals surface area contributed by atoms with Gasteiger partial charge in [0.15, 0.2) is 5.78 Å². The number of carbonyl (C=O) groups excluding carboxylic acids is 3. The maximum atomic E-state index is 10.5. The Morgan fingerprint density at radius 3 is 1.59 bits per heavy atom. The Bertz CT molecular complexity index is 299. The van der Waals surface area contributed by atoms with Gasteiger partial charge < -0.3 is 4.79 Å². The van der Waals surface area contributed by atoms with Gasteiger partial charge in [-0.05, 0) is 39.7 Å². The molecule has 0 aromatic rings. The fourth-order valence-corrected chi connectivity index (χ4v) is 1.37. The van der Waals surface area contributed by atoms with Crippen LogP contribution in [-0.2, 0) is 14.4 Å². The van der Waals surface area contributed by atoms with E-state index in [1.165, 1.54) is 19.9 Å². The summed E-state index contributed by atoms with van der Waals surface area (Å²) in [6, 6.07) is 0. The summed E-state index contributed by atoms with van der Waals surface area (Å²) in [6.07, 6.45) is 2.60. The van der Waals surface area contributed by atoms with Gasteiger partial charge in [-0.15, -0.1) is 0 Å². The normalized spacial score (nSPS) is 10.6. The van der Waals surface area contributed by atoms with Crippen LogP contribution in [0.1, 0.15) is 54.4 Å². The first-order chi connectivity index (χ1) is 7.65. The molecule has 0 spiro atoms. The Morgan fingerprint density at radius 1 is 0.941 bits per heavy atom. The molecule has 0 aliphatic rings. The van der Waals surface area contributed by atoms with Crippen molar-refractivity contribution in [1.82, 2.24) is 0 Å². The molecule has 0 amide bonds. The zero-order valence-corrected chi connectivity index (χ0v) is 11.8. The van der Waals surface area contributed by atoms with Gasteiger partial charge in [-0.3, -0.25) is 9.59 Å². The second-order valence-corrected chi connectivity index (χ2v) is 4.78. The molecule has 98 valence electrons. The van der Waals surface area contributed by atoms with Crippen LogP contribution < -0.4 is 0 Å². The Morgan fingerprint density at radius 2 is 1.41 bits per heavy atom. The topological polar surface area (TPSA) is 51.2 Å². The van der Waals surface area contributed by atoms with Gasteiger partial charge >= 0.3 is 0 Å². The summed E-state index contributed by atoms with van der Waals surface area (Å²) in [5, 5.41) is 0. The summed E-state index contributed by atoms with van der Waals surface area (Å²) >= 11 is 0. The fourth-order valence-electron chi connectivity index (χ4n) is 1.37. The Hall–Kier alpha value is -1.25. The SMILES string of the molecule is CC(=O)/C=C(\C)CC(C)=O.CC(=O)CC(C)C. The van der Waals surface area contributed by atoms with Crippen LogP contribution >= 0.6 is 0 Å². The van der Waals surface area contributed by atoms with E-state index in [1.54, 1.807) is 13.8 Å². The van der Waals surface area contributed by atoms with Gasteiger partial charge in [0, 0.05) is 12.8 Å². The molecule has 3 nitrogen and oxygen atoms in total. The van der Waals surface area contributed by atoms with E-state index in [4.69, 9.17) is 0 Å². The van der Waals surface area contributed by atoms with Gasteiger partial charge in [0.1, 0.15) is 11.6 Å². The summed E-state index contributed by atoms with van der Waals surface area (Å²) < 4.78 is 0. The molecule has 0 saturated heterocycles. The Balaban J connectivity index is 0. The molecule has 0 aromatic carbocycles. The lowest BCUT2D eigenvalue weighted by molar-refractivity contribution is -0.118. The molecule has 0 fully saturated rings. The molecule has 0 saturated carbocycles. The van der Waals surface area contributed by atoms with Crippen molar-refractivity contribution < 1.29 is 14.4 Å². The van der Waals surface area contributed by atoms with Gasteiger partial charge in [-0.1, -0.05) is 19.4 Å². The molecule has 0 radical (unpaired) electrons. The predicted octanol–water partition coefficient (Wildman–Crippen LogP) is 3.12. The minimum atomic E-state index is -0.00116. The van der Waals surface area contributed by atoms with Crippen molar-refractivity contribution in [1.29, 1.82) is 0 Å². The summed E-state index contributed by atoms with van der Waals surface area (Å²) in [6.45, 7) is 10.5. The second-order valence-electron chi connectivity index (χ2n) is 4.78. The van der Waals surface area contributed by atoms with E-state index in [9.17, 15) is 14.4 Å². The third-order valence-corrected chi connectivity index (χ3v) is 1.67. The van der Waals surface area contributed by atoms with Crippen LogP contribution in [0.2, 0.25) is 0 Å². The van der Waals surface area contributed by atoms with Gasteiger partial charge in [0.25, 0.3) is 0 Å². The molecule has 0 rings (SSSR count). The number of allylic oxidation sites excluding steroid dienone is 2. The van der Waals surface area contributed by atoms with Crippen LogP contribution in [0.15, 0.2) is 11.6 Å². The van der Waals surface area contributed by atoms with Crippen LogP contribution in [-0.4, -0.2) is 17.3 Å².